The lowest BCUT2D eigenvalue weighted by Gasteiger charge is -2.23. The van der Waals surface area contributed by atoms with Gasteiger partial charge >= 0.3 is 0 Å². The third-order valence-electron chi connectivity index (χ3n) is 4.98. The van der Waals surface area contributed by atoms with E-state index in [9.17, 15) is 4.79 Å². The lowest BCUT2D eigenvalue weighted by molar-refractivity contribution is -0.112. The van der Waals surface area contributed by atoms with Crippen molar-refractivity contribution in [3.05, 3.63) is 63.9 Å². The molecule has 0 saturated heterocycles. The molecule has 0 amide bonds. The van der Waals surface area contributed by atoms with Gasteiger partial charge in [0.05, 0.1) is 15.8 Å². The molecule has 0 atom stereocenters. The summed E-state index contributed by atoms with van der Waals surface area (Å²) in [6.45, 7) is 4.27. The standard InChI is InChI=1S/C20H18Cl2N4OS/c1-20(2)14-6-4-5-7-16(14)25(3)17(20)9-13(27)11-28-19-24-23-18-15(22)8-12(21)10-26(18)19/h4-10H,11H2,1-3H3/b17-9-. The van der Waals surface area contributed by atoms with E-state index in [1.807, 2.05) is 19.2 Å². The predicted molar refractivity (Wildman–Crippen MR) is 115 cm³/mol. The van der Waals surface area contributed by atoms with Gasteiger partial charge < -0.3 is 4.90 Å². The second-order valence-electron chi connectivity index (χ2n) is 7.17. The summed E-state index contributed by atoms with van der Waals surface area (Å²) in [5, 5.41) is 9.68. The van der Waals surface area contributed by atoms with Gasteiger partial charge in [-0.15, -0.1) is 10.2 Å². The highest BCUT2D eigenvalue weighted by molar-refractivity contribution is 7.99. The molecule has 1 aliphatic rings. The average Bonchev–Trinajstić information content (AvgIpc) is 3.14. The molecule has 0 aliphatic carbocycles. The highest BCUT2D eigenvalue weighted by Gasteiger charge is 2.38. The monoisotopic (exact) mass is 432 g/mol. The lowest BCUT2D eigenvalue weighted by Crippen LogP contribution is -2.24. The second-order valence-corrected chi connectivity index (χ2v) is 8.95. The van der Waals surface area contributed by atoms with Crippen LogP contribution in [0.3, 0.4) is 0 Å². The molecule has 0 spiro atoms. The average molecular weight is 433 g/mol. The number of carbonyl (C=O) groups excluding carboxylic acids is 1. The molecule has 1 aliphatic heterocycles. The minimum atomic E-state index is -0.228. The first-order chi connectivity index (χ1) is 13.3. The molecular formula is C20H18Cl2N4OS. The number of aromatic nitrogens is 3. The Bertz CT molecular complexity index is 1120. The minimum absolute atomic E-state index is 0.0117. The fourth-order valence-electron chi connectivity index (χ4n) is 3.59. The van der Waals surface area contributed by atoms with Crippen LogP contribution in [0.15, 0.2) is 53.5 Å². The number of rotatable bonds is 4. The van der Waals surface area contributed by atoms with Crippen molar-refractivity contribution >= 4 is 52.1 Å². The van der Waals surface area contributed by atoms with Crippen LogP contribution in [-0.4, -0.2) is 33.2 Å². The number of thioether (sulfide) groups is 1. The van der Waals surface area contributed by atoms with Gasteiger partial charge in [-0.05, 0) is 17.7 Å². The number of likely N-dealkylation sites (N-methyl/N-ethyl adjacent to an activating group) is 1. The quantitative estimate of drug-likeness (QED) is 0.428. The summed E-state index contributed by atoms with van der Waals surface area (Å²) in [5.41, 5.74) is 3.63. The molecule has 2 aromatic heterocycles. The number of anilines is 1. The molecule has 1 aromatic carbocycles. The molecule has 4 rings (SSSR count). The minimum Gasteiger partial charge on any atom is -0.347 e. The largest absolute Gasteiger partial charge is 0.347 e. The molecule has 0 N–H and O–H groups in total. The zero-order valence-electron chi connectivity index (χ0n) is 15.6. The summed E-state index contributed by atoms with van der Waals surface area (Å²) < 4.78 is 1.71. The van der Waals surface area contributed by atoms with Gasteiger partial charge in [0.2, 0.25) is 0 Å². The van der Waals surface area contributed by atoms with E-state index < -0.39 is 0 Å². The number of hydrogen-bond acceptors (Lipinski definition) is 5. The Kier molecular flexibility index (Phi) is 4.89. The number of fused-ring (bicyclic) bond motifs is 2. The maximum atomic E-state index is 12.7. The first-order valence-electron chi connectivity index (χ1n) is 8.70. The number of benzene rings is 1. The first-order valence-corrected chi connectivity index (χ1v) is 10.4. The second kappa shape index (κ2) is 7.10. The summed E-state index contributed by atoms with van der Waals surface area (Å²) >= 11 is 13.5. The topological polar surface area (TPSA) is 50.5 Å². The number of ketones is 1. The Hall–Kier alpha value is -2.02. The van der Waals surface area contributed by atoms with Crippen LogP contribution in [0.25, 0.3) is 5.65 Å². The smallest absolute Gasteiger partial charge is 0.196 e. The molecule has 5 nitrogen and oxygen atoms in total. The Labute approximate surface area is 177 Å². The van der Waals surface area contributed by atoms with Gasteiger partial charge in [0.15, 0.2) is 16.6 Å². The first kappa shape index (κ1) is 19.3. The third-order valence-corrected chi connectivity index (χ3v) is 6.43. The normalized spacial score (nSPS) is 16.8. The maximum Gasteiger partial charge on any atom is 0.196 e. The van der Waals surface area contributed by atoms with Crippen LogP contribution in [0, 0.1) is 0 Å². The van der Waals surface area contributed by atoms with Crippen molar-refractivity contribution in [2.45, 2.75) is 24.4 Å². The van der Waals surface area contributed by atoms with Crippen molar-refractivity contribution in [1.82, 2.24) is 14.6 Å². The van der Waals surface area contributed by atoms with E-state index in [1.54, 1.807) is 22.7 Å². The van der Waals surface area contributed by atoms with Crippen molar-refractivity contribution in [3.8, 4) is 0 Å². The number of para-hydroxylation sites is 1. The fourth-order valence-corrected chi connectivity index (χ4v) is 4.83. The van der Waals surface area contributed by atoms with Gasteiger partial charge in [-0.25, -0.2) is 0 Å². The van der Waals surface area contributed by atoms with Gasteiger partial charge in [-0.1, -0.05) is 67.0 Å². The summed E-state index contributed by atoms with van der Waals surface area (Å²) in [4.78, 5) is 14.8. The van der Waals surface area contributed by atoms with Gasteiger partial charge in [0, 0.05) is 36.1 Å². The predicted octanol–water partition coefficient (Wildman–Crippen LogP) is 5.01. The van der Waals surface area contributed by atoms with Gasteiger partial charge in [0.1, 0.15) is 0 Å². The molecule has 0 saturated carbocycles. The van der Waals surface area contributed by atoms with Crippen molar-refractivity contribution in [2.75, 3.05) is 17.7 Å². The highest BCUT2D eigenvalue weighted by Crippen LogP contribution is 2.46. The van der Waals surface area contributed by atoms with Gasteiger partial charge in [-0.2, -0.15) is 0 Å². The molecule has 0 fully saturated rings. The van der Waals surface area contributed by atoms with E-state index in [1.165, 1.54) is 17.3 Å². The van der Waals surface area contributed by atoms with Crippen LogP contribution >= 0.6 is 35.0 Å². The summed E-state index contributed by atoms with van der Waals surface area (Å²) in [5.74, 6) is 0.256. The maximum absolute atomic E-state index is 12.7. The van der Waals surface area contributed by atoms with Crippen molar-refractivity contribution in [2.24, 2.45) is 0 Å². The molecule has 8 heteroatoms. The number of hydrogen-bond donors (Lipinski definition) is 0. The number of halogens is 2. The Morgan fingerprint density at radius 2 is 2.00 bits per heavy atom. The van der Waals surface area contributed by atoms with Crippen LogP contribution < -0.4 is 4.90 Å². The molecular weight excluding hydrogens is 415 g/mol. The summed E-state index contributed by atoms with van der Waals surface area (Å²) in [6.07, 6.45) is 3.43. The number of nitrogens with zero attached hydrogens (tertiary/aromatic N) is 4. The molecule has 0 bridgehead atoms. The van der Waals surface area contributed by atoms with E-state index in [0.29, 0.717) is 20.8 Å². The van der Waals surface area contributed by atoms with Crippen molar-refractivity contribution < 1.29 is 4.79 Å². The number of carbonyl (C=O) groups is 1. The molecule has 28 heavy (non-hydrogen) atoms. The van der Waals surface area contributed by atoms with Crippen LogP contribution in [-0.2, 0) is 10.2 Å². The van der Waals surface area contributed by atoms with E-state index >= 15 is 0 Å². The zero-order valence-corrected chi connectivity index (χ0v) is 17.9. The Morgan fingerprint density at radius 1 is 1.25 bits per heavy atom. The molecule has 144 valence electrons. The van der Waals surface area contributed by atoms with Crippen LogP contribution in [0.2, 0.25) is 10.0 Å². The number of allylic oxidation sites excluding steroid dienone is 2. The molecule has 0 radical (unpaired) electrons. The van der Waals surface area contributed by atoms with Crippen molar-refractivity contribution in [1.29, 1.82) is 0 Å². The van der Waals surface area contributed by atoms with E-state index in [4.69, 9.17) is 23.2 Å². The van der Waals surface area contributed by atoms with Crippen LogP contribution in [0.5, 0.6) is 0 Å². The van der Waals surface area contributed by atoms with Crippen molar-refractivity contribution in [3.63, 3.8) is 0 Å². The fraction of sp³-hybridized carbons (Fsp3) is 0.250. The SMILES string of the molecule is CN1/C(=C\C(=O)CSc2nnc3c(Cl)cc(Cl)cn23)C(C)(C)c2ccccc21. The van der Waals surface area contributed by atoms with E-state index in [0.717, 1.165) is 11.4 Å². The van der Waals surface area contributed by atoms with Crippen LogP contribution in [0.1, 0.15) is 19.4 Å². The van der Waals surface area contributed by atoms with E-state index in [-0.39, 0.29) is 17.0 Å². The zero-order chi connectivity index (χ0) is 20.1. The molecule has 0 unspecified atom stereocenters. The van der Waals surface area contributed by atoms with Crippen LogP contribution in [0.4, 0.5) is 5.69 Å². The lowest BCUT2D eigenvalue weighted by atomic mass is 9.83. The highest BCUT2D eigenvalue weighted by atomic mass is 35.5. The van der Waals surface area contributed by atoms with E-state index in [2.05, 4.69) is 41.1 Å². The van der Waals surface area contributed by atoms with Gasteiger partial charge in [-0.3, -0.25) is 9.20 Å². The Balaban J connectivity index is 1.56. The summed E-state index contributed by atoms with van der Waals surface area (Å²) in [7, 11) is 2.00. The number of pyridine rings is 1. The molecule has 3 aromatic rings. The summed E-state index contributed by atoms with van der Waals surface area (Å²) in [6, 6.07) is 9.85. The molecule has 3 heterocycles. The third kappa shape index (κ3) is 3.19. The Morgan fingerprint density at radius 3 is 2.75 bits per heavy atom. The van der Waals surface area contributed by atoms with Gasteiger partial charge in [0.25, 0.3) is 0 Å².